The monoisotopic (exact) mass is 417 g/mol. The topological polar surface area (TPSA) is 92.7 Å². The van der Waals surface area contributed by atoms with Crippen LogP contribution < -0.4 is 9.46 Å². The molecule has 8 heteroatoms. The van der Waals surface area contributed by atoms with Gasteiger partial charge in [0.05, 0.1) is 15.5 Å². The first-order chi connectivity index (χ1) is 13.3. The number of rotatable bonds is 7. The van der Waals surface area contributed by atoms with E-state index < -0.39 is 16.0 Å². The lowest BCUT2D eigenvalue weighted by atomic mass is 10.2. The van der Waals surface area contributed by atoms with E-state index in [2.05, 4.69) is 4.72 Å². The molecule has 0 aliphatic rings. The lowest BCUT2D eigenvalue weighted by Crippen LogP contribution is -2.13. The molecule has 0 aliphatic carbocycles. The number of halogens is 1. The maximum Gasteiger partial charge on any atom is 0.337 e. The minimum atomic E-state index is -3.91. The van der Waals surface area contributed by atoms with Crippen molar-refractivity contribution in [3.8, 4) is 5.75 Å². The lowest BCUT2D eigenvalue weighted by molar-refractivity contribution is 0.0697. The summed E-state index contributed by atoms with van der Waals surface area (Å²) in [5.74, 6) is -0.631. The summed E-state index contributed by atoms with van der Waals surface area (Å²) in [7, 11) is -3.91. The van der Waals surface area contributed by atoms with Crippen LogP contribution in [0.2, 0.25) is 5.02 Å². The van der Waals surface area contributed by atoms with Crippen molar-refractivity contribution >= 4 is 33.3 Å². The van der Waals surface area contributed by atoms with Crippen LogP contribution in [0.5, 0.6) is 5.75 Å². The smallest absolute Gasteiger partial charge is 0.337 e. The van der Waals surface area contributed by atoms with Gasteiger partial charge in [-0.05, 0) is 48.0 Å². The predicted octanol–water partition coefficient (Wildman–Crippen LogP) is 4.42. The Balaban J connectivity index is 1.69. The molecule has 0 unspecified atom stereocenters. The molecule has 0 amide bonds. The second-order valence-electron chi connectivity index (χ2n) is 5.85. The Bertz CT molecular complexity index is 1080. The zero-order valence-corrected chi connectivity index (χ0v) is 16.1. The number of ether oxygens (including phenoxy) is 1. The lowest BCUT2D eigenvalue weighted by Gasteiger charge is -2.11. The molecule has 6 nitrogen and oxygen atoms in total. The van der Waals surface area contributed by atoms with Gasteiger partial charge >= 0.3 is 5.97 Å². The Hall–Kier alpha value is -3.03. The van der Waals surface area contributed by atoms with E-state index in [1.165, 1.54) is 6.07 Å². The van der Waals surface area contributed by atoms with Crippen LogP contribution in [0.25, 0.3) is 0 Å². The van der Waals surface area contributed by atoms with Crippen molar-refractivity contribution in [1.29, 1.82) is 0 Å². The van der Waals surface area contributed by atoms with Crippen LogP contribution in [0.15, 0.2) is 77.7 Å². The largest absolute Gasteiger partial charge is 0.489 e. The van der Waals surface area contributed by atoms with Gasteiger partial charge in [0.2, 0.25) is 0 Å². The van der Waals surface area contributed by atoms with Crippen LogP contribution >= 0.6 is 11.6 Å². The first-order valence-corrected chi connectivity index (χ1v) is 10.0. The molecule has 0 aliphatic heterocycles. The molecule has 28 heavy (non-hydrogen) atoms. The normalized spacial score (nSPS) is 11.0. The SMILES string of the molecule is O=C(O)c1ccc(S(=O)(=O)Nc2ccc(OCc3ccccc3)cc2)cc1Cl. The molecule has 0 saturated carbocycles. The van der Waals surface area contributed by atoms with E-state index in [-0.39, 0.29) is 15.5 Å². The summed E-state index contributed by atoms with van der Waals surface area (Å²) < 4.78 is 33.0. The molecule has 0 heterocycles. The zero-order valence-electron chi connectivity index (χ0n) is 14.5. The Morgan fingerprint density at radius 3 is 2.29 bits per heavy atom. The molecule has 144 valence electrons. The number of carboxylic acids is 1. The van der Waals surface area contributed by atoms with E-state index in [1.807, 2.05) is 30.3 Å². The first-order valence-electron chi connectivity index (χ1n) is 8.17. The van der Waals surface area contributed by atoms with E-state index in [1.54, 1.807) is 24.3 Å². The van der Waals surface area contributed by atoms with Crippen molar-refractivity contribution in [2.24, 2.45) is 0 Å². The highest BCUT2D eigenvalue weighted by atomic mass is 35.5. The van der Waals surface area contributed by atoms with Gasteiger partial charge in [0.25, 0.3) is 10.0 Å². The zero-order chi connectivity index (χ0) is 20.1. The number of hydrogen-bond donors (Lipinski definition) is 2. The van der Waals surface area contributed by atoms with Gasteiger partial charge < -0.3 is 9.84 Å². The first kappa shape index (κ1) is 19.7. The molecule has 3 rings (SSSR count). The third-order valence-corrected chi connectivity index (χ3v) is 5.53. The van der Waals surface area contributed by atoms with E-state index >= 15 is 0 Å². The standard InChI is InChI=1S/C20H16ClNO5S/c21-19-12-17(10-11-18(19)20(23)24)28(25,26)22-15-6-8-16(9-7-15)27-13-14-4-2-1-3-5-14/h1-12,22H,13H2,(H,23,24). The molecule has 0 radical (unpaired) electrons. The number of carbonyl (C=O) groups is 1. The minimum absolute atomic E-state index is 0.132. The summed E-state index contributed by atoms with van der Waals surface area (Å²) in [5, 5.41) is 8.82. The Morgan fingerprint density at radius 2 is 1.68 bits per heavy atom. The second kappa shape index (κ2) is 8.33. The fourth-order valence-corrected chi connectivity index (χ4v) is 3.82. The molecule has 0 aromatic heterocycles. The van der Waals surface area contributed by atoms with Crippen LogP contribution in [-0.2, 0) is 16.6 Å². The van der Waals surface area contributed by atoms with Crippen molar-refractivity contribution in [1.82, 2.24) is 0 Å². The molecule has 0 spiro atoms. The molecule has 2 N–H and O–H groups in total. The molecule has 0 saturated heterocycles. The van der Waals surface area contributed by atoms with Gasteiger partial charge in [-0.1, -0.05) is 41.9 Å². The van der Waals surface area contributed by atoms with E-state index in [4.69, 9.17) is 21.4 Å². The van der Waals surface area contributed by atoms with Crippen molar-refractivity contribution in [3.63, 3.8) is 0 Å². The van der Waals surface area contributed by atoms with Crippen molar-refractivity contribution < 1.29 is 23.1 Å². The van der Waals surface area contributed by atoms with E-state index in [0.717, 1.165) is 17.7 Å². The Kier molecular flexibility index (Phi) is 5.87. The fourth-order valence-electron chi connectivity index (χ4n) is 2.41. The summed E-state index contributed by atoms with van der Waals surface area (Å²) in [6.07, 6.45) is 0. The quantitative estimate of drug-likeness (QED) is 0.593. The third kappa shape index (κ3) is 4.82. The number of benzene rings is 3. The van der Waals surface area contributed by atoms with Gasteiger partial charge in [-0.25, -0.2) is 13.2 Å². The minimum Gasteiger partial charge on any atom is -0.489 e. The van der Waals surface area contributed by atoms with Gasteiger partial charge in [-0.15, -0.1) is 0 Å². The molecule has 0 fully saturated rings. The van der Waals surface area contributed by atoms with E-state index in [0.29, 0.717) is 18.0 Å². The highest BCUT2D eigenvalue weighted by Crippen LogP contribution is 2.24. The number of sulfonamides is 1. The number of carboxylic acid groups (broad SMARTS) is 1. The van der Waals surface area contributed by atoms with Crippen LogP contribution in [0.4, 0.5) is 5.69 Å². The van der Waals surface area contributed by atoms with Gasteiger partial charge in [0.15, 0.2) is 0 Å². The predicted molar refractivity (Wildman–Crippen MR) is 106 cm³/mol. The summed E-state index contributed by atoms with van der Waals surface area (Å²) in [4.78, 5) is 10.9. The van der Waals surface area contributed by atoms with Gasteiger partial charge in [0, 0.05) is 5.69 Å². The number of nitrogens with one attached hydrogen (secondary N) is 1. The second-order valence-corrected chi connectivity index (χ2v) is 7.94. The summed E-state index contributed by atoms with van der Waals surface area (Å²) >= 11 is 5.85. The van der Waals surface area contributed by atoms with Crippen LogP contribution in [0.1, 0.15) is 15.9 Å². The highest BCUT2D eigenvalue weighted by molar-refractivity contribution is 7.92. The summed E-state index contributed by atoms with van der Waals surface area (Å²) in [6.45, 7) is 0.403. The summed E-state index contributed by atoms with van der Waals surface area (Å²) in [5.41, 5.74) is 1.19. The molecule has 0 bridgehead atoms. The third-order valence-electron chi connectivity index (χ3n) is 3.84. The highest BCUT2D eigenvalue weighted by Gasteiger charge is 2.18. The van der Waals surface area contributed by atoms with Crippen molar-refractivity contribution in [2.75, 3.05) is 4.72 Å². The molecular weight excluding hydrogens is 402 g/mol. The number of hydrogen-bond acceptors (Lipinski definition) is 4. The van der Waals surface area contributed by atoms with Crippen molar-refractivity contribution in [3.05, 3.63) is 88.9 Å². The van der Waals surface area contributed by atoms with Gasteiger partial charge in [-0.2, -0.15) is 0 Å². The van der Waals surface area contributed by atoms with Gasteiger partial charge in [-0.3, -0.25) is 4.72 Å². The Morgan fingerprint density at radius 1 is 1.00 bits per heavy atom. The number of aromatic carboxylic acids is 1. The number of anilines is 1. The van der Waals surface area contributed by atoms with Crippen LogP contribution in [-0.4, -0.2) is 19.5 Å². The van der Waals surface area contributed by atoms with Crippen molar-refractivity contribution in [2.45, 2.75) is 11.5 Å². The van der Waals surface area contributed by atoms with Crippen LogP contribution in [0.3, 0.4) is 0 Å². The van der Waals surface area contributed by atoms with Gasteiger partial charge in [0.1, 0.15) is 12.4 Å². The molecule has 3 aromatic rings. The van der Waals surface area contributed by atoms with E-state index in [9.17, 15) is 13.2 Å². The Labute approximate surface area is 167 Å². The average Bonchev–Trinajstić information content (AvgIpc) is 2.67. The summed E-state index contributed by atoms with van der Waals surface area (Å²) in [6, 6.07) is 19.6. The fraction of sp³-hybridized carbons (Fsp3) is 0.0500. The maximum atomic E-state index is 12.5. The maximum absolute atomic E-state index is 12.5. The molecule has 3 aromatic carbocycles. The average molecular weight is 418 g/mol. The molecule has 0 atom stereocenters. The van der Waals surface area contributed by atoms with Crippen LogP contribution in [0, 0.1) is 0 Å². The molecular formula is C20H16ClNO5S.